The Bertz CT molecular complexity index is 548. The zero-order chi connectivity index (χ0) is 14.0. The number of rotatable bonds is 3. The van der Waals surface area contributed by atoms with Crippen molar-refractivity contribution in [1.82, 2.24) is 4.57 Å². The molecule has 0 N–H and O–H groups in total. The van der Waals surface area contributed by atoms with Crippen LogP contribution in [0, 0.1) is 0 Å². The predicted molar refractivity (Wildman–Crippen MR) is 70.1 cm³/mol. The number of carbonyl (C=O) groups excluding carboxylic acids is 1. The first kappa shape index (κ1) is 13.8. The van der Waals surface area contributed by atoms with Gasteiger partial charge in [-0.15, -0.1) is 0 Å². The Balaban J connectivity index is 2.47. The van der Waals surface area contributed by atoms with Crippen LogP contribution in [0.3, 0.4) is 0 Å². The van der Waals surface area contributed by atoms with Crippen molar-refractivity contribution < 1.29 is 14.1 Å². The minimum atomic E-state index is -0.518. The molecule has 19 heavy (non-hydrogen) atoms. The maximum atomic E-state index is 12.4. The van der Waals surface area contributed by atoms with Gasteiger partial charge in [0.1, 0.15) is 12.2 Å². The van der Waals surface area contributed by atoms with Crippen LogP contribution in [0.2, 0.25) is 0 Å². The summed E-state index contributed by atoms with van der Waals surface area (Å²) in [5.74, 6) is 0.464. The van der Waals surface area contributed by atoms with Gasteiger partial charge in [0.15, 0.2) is 5.56 Å². The van der Waals surface area contributed by atoms with Gasteiger partial charge in [0.2, 0.25) is 0 Å². The van der Waals surface area contributed by atoms with Crippen molar-refractivity contribution in [2.45, 2.75) is 45.6 Å². The predicted octanol–water partition coefficient (Wildman–Crippen LogP) is 1.14. The molecule has 1 atom stereocenters. The zero-order valence-electron chi connectivity index (χ0n) is 11.8. The minimum absolute atomic E-state index is 0.133. The minimum Gasteiger partial charge on any atom is -0.462 e. The lowest BCUT2D eigenvalue weighted by molar-refractivity contribution is -0.685. The summed E-state index contributed by atoms with van der Waals surface area (Å²) < 4.78 is 8.69. The van der Waals surface area contributed by atoms with E-state index in [4.69, 9.17) is 4.74 Å². The standard InChI is InChI=1S/C14H21N2O3/c1-4-8-19-14(18)11-9-15(3)12-7-5-6-10(2)16(12)13(11)17/h9-10H,4-8H2,1-3H3/q+1. The first-order valence-corrected chi connectivity index (χ1v) is 6.87. The second-order valence-corrected chi connectivity index (χ2v) is 5.12. The highest BCUT2D eigenvalue weighted by molar-refractivity contribution is 5.88. The summed E-state index contributed by atoms with van der Waals surface area (Å²) in [5.41, 5.74) is -0.0881. The lowest BCUT2D eigenvalue weighted by Gasteiger charge is -2.19. The van der Waals surface area contributed by atoms with E-state index in [-0.39, 0.29) is 17.2 Å². The van der Waals surface area contributed by atoms with Gasteiger partial charge in [-0.3, -0.25) is 0 Å². The van der Waals surface area contributed by atoms with E-state index in [0.29, 0.717) is 6.61 Å². The Morgan fingerprint density at radius 3 is 3.00 bits per heavy atom. The third-order valence-corrected chi connectivity index (χ3v) is 3.58. The second kappa shape index (κ2) is 5.55. The van der Waals surface area contributed by atoms with Gasteiger partial charge in [-0.2, -0.15) is 4.57 Å². The summed E-state index contributed by atoms with van der Waals surface area (Å²) >= 11 is 0. The molecule has 5 heteroatoms. The molecular formula is C14H21N2O3+. The molecule has 0 amide bonds. The van der Waals surface area contributed by atoms with Crippen molar-refractivity contribution in [2.75, 3.05) is 6.61 Å². The number of aryl methyl sites for hydroxylation is 1. The quantitative estimate of drug-likeness (QED) is 0.608. The average molecular weight is 265 g/mol. The molecule has 0 saturated carbocycles. The van der Waals surface area contributed by atoms with E-state index in [1.807, 2.05) is 25.5 Å². The van der Waals surface area contributed by atoms with Crippen molar-refractivity contribution in [3.63, 3.8) is 0 Å². The number of nitrogens with zero attached hydrogens (tertiary/aromatic N) is 2. The highest BCUT2D eigenvalue weighted by Gasteiger charge is 2.30. The Hall–Kier alpha value is -1.65. The molecule has 104 valence electrons. The normalized spacial score (nSPS) is 17.9. The number of fused-ring (bicyclic) bond motifs is 1. The van der Waals surface area contributed by atoms with Gasteiger partial charge in [-0.25, -0.2) is 14.2 Å². The Labute approximate surface area is 112 Å². The maximum absolute atomic E-state index is 12.4. The van der Waals surface area contributed by atoms with Crippen LogP contribution in [-0.4, -0.2) is 17.1 Å². The third-order valence-electron chi connectivity index (χ3n) is 3.58. The molecule has 5 nitrogen and oxygen atoms in total. The molecule has 1 aliphatic rings. The van der Waals surface area contributed by atoms with E-state index in [2.05, 4.69) is 0 Å². The van der Waals surface area contributed by atoms with Crippen molar-refractivity contribution in [3.8, 4) is 0 Å². The number of hydrogen-bond donors (Lipinski definition) is 0. The van der Waals surface area contributed by atoms with E-state index in [0.717, 1.165) is 31.5 Å². The summed E-state index contributed by atoms with van der Waals surface area (Å²) in [5, 5.41) is 0. The van der Waals surface area contributed by atoms with Gasteiger partial charge in [0, 0.05) is 6.42 Å². The second-order valence-electron chi connectivity index (χ2n) is 5.12. The zero-order valence-corrected chi connectivity index (χ0v) is 11.8. The van der Waals surface area contributed by atoms with Crippen LogP contribution >= 0.6 is 0 Å². The van der Waals surface area contributed by atoms with Gasteiger partial charge >= 0.3 is 11.5 Å². The molecule has 0 aliphatic carbocycles. The van der Waals surface area contributed by atoms with E-state index in [1.165, 1.54) is 0 Å². The molecule has 0 bridgehead atoms. The Morgan fingerprint density at radius 2 is 2.32 bits per heavy atom. The Morgan fingerprint density at radius 1 is 1.58 bits per heavy atom. The fourth-order valence-corrected chi connectivity index (χ4v) is 2.59. The van der Waals surface area contributed by atoms with Crippen LogP contribution in [0.25, 0.3) is 0 Å². The van der Waals surface area contributed by atoms with Crippen LogP contribution < -0.4 is 10.1 Å². The largest absolute Gasteiger partial charge is 0.462 e. The summed E-state index contributed by atoms with van der Waals surface area (Å²) in [6.45, 7) is 4.29. The topological polar surface area (TPSA) is 52.2 Å². The molecule has 0 radical (unpaired) electrons. The molecule has 1 unspecified atom stereocenters. The maximum Gasteiger partial charge on any atom is 0.352 e. The van der Waals surface area contributed by atoms with Gasteiger partial charge in [-0.1, -0.05) is 6.92 Å². The van der Waals surface area contributed by atoms with Crippen LogP contribution in [0.15, 0.2) is 11.0 Å². The highest BCUT2D eigenvalue weighted by Crippen LogP contribution is 2.19. The van der Waals surface area contributed by atoms with Gasteiger partial charge in [0.25, 0.3) is 5.82 Å². The molecule has 0 saturated heterocycles. The lowest BCUT2D eigenvalue weighted by Crippen LogP contribution is -2.48. The SMILES string of the molecule is CCCOC(=O)c1c[n+](C)c2n(c1=O)C(C)CCC2. The molecule has 0 spiro atoms. The lowest BCUT2D eigenvalue weighted by atomic mass is 10.0. The average Bonchev–Trinajstić information content (AvgIpc) is 2.40. The van der Waals surface area contributed by atoms with Crippen molar-refractivity contribution in [3.05, 3.63) is 27.9 Å². The number of ether oxygens (including phenoxy) is 1. The number of hydrogen-bond acceptors (Lipinski definition) is 3. The molecule has 2 heterocycles. The van der Waals surface area contributed by atoms with Crippen LogP contribution in [0.5, 0.6) is 0 Å². The molecule has 1 aromatic rings. The summed E-state index contributed by atoms with van der Waals surface area (Å²) in [7, 11) is 1.87. The Kier molecular flexibility index (Phi) is 4.02. The number of aromatic nitrogens is 2. The molecular weight excluding hydrogens is 244 g/mol. The summed E-state index contributed by atoms with van der Waals surface area (Å²) in [6, 6.07) is 0.140. The summed E-state index contributed by atoms with van der Waals surface area (Å²) in [6.07, 6.45) is 5.28. The first-order chi connectivity index (χ1) is 9.06. The van der Waals surface area contributed by atoms with E-state index < -0.39 is 5.97 Å². The van der Waals surface area contributed by atoms with Crippen molar-refractivity contribution >= 4 is 5.97 Å². The fraction of sp³-hybridized carbons (Fsp3) is 0.643. The van der Waals surface area contributed by atoms with Crippen LogP contribution in [0.4, 0.5) is 0 Å². The van der Waals surface area contributed by atoms with Gasteiger partial charge in [0.05, 0.1) is 13.7 Å². The molecule has 0 fully saturated rings. The molecule has 0 aromatic carbocycles. The molecule has 1 aliphatic heterocycles. The van der Waals surface area contributed by atoms with Crippen LogP contribution in [-0.2, 0) is 18.2 Å². The summed E-state index contributed by atoms with van der Waals surface area (Å²) in [4.78, 5) is 24.3. The van der Waals surface area contributed by atoms with Gasteiger partial charge in [-0.05, 0) is 26.2 Å². The highest BCUT2D eigenvalue weighted by atomic mass is 16.5. The van der Waals surface area contributed by atoms with Crippen molar-refractivity contribution in [2.24, 2.45) is 7.05 Å². The number of esters is 1. The first-order valence-electron chi connectivity index (χ1n) is 6.87. The molecule has 1 aromatic heterocycles. The fourth-order valence-electron chi connectivity index (χ4n) is 2.59. The van der Waals surface area contributed by atoms with Gasteiger partial charge < -0.3 is 4.74 Å². The monoisotopic (exact) mass is 265 g/mol. The van der Waals surface area contributed by atoms with Crippen molar-refractivity contribution in [1.29, 1.82) is 0 Å². The number of carbonyl (C=O) groups is 1. The van der Waals surface area contributed by atoms with E-state index in [9.17, 15) is 9.59 Å². The van der Waals surface area contributed by atoms with E-state index in [1.54, 1.807) is 10.8 Å². The third kappa shape index (κ3) is 2.55. The smallest absolute Gasteiger partial charge is 0.352 e. The van der Waals surface area contributed by atoms with E-state index >= 15 is 0 Å². The van der Waals surface area contributed by atoms with Crippen LogP contribution in [0.1, 0.15) is 55.3 Å². The molecule has 2 rings (SSSR count).